The minimum Gasteiger partial charge on any atom is -0.342 e. The highest BCUT2D eigenvalue weighted by molar-refractivity contribution is 7.88. The van der Waals surface area contributed by atoms with Gasteiger partial charge in [-0.25, -0.2) is 30.7 Å². The summed E-state index contributed by atoms with van der Waals surface area (Å²) in [7, 11) is -3.83. The fraction of sp³-hybridized carbons (Fsp3) is 0.435. The Hall–Kier alpha value is -2.46. The number of halogens is 4. The quantitative estimate of drug-likeness (QED) is 0.655. The second-order valence-electron chi connectivity index (χ2n) is 8.70. The third kappa shape index (κ3) is 5.06. The van der Waals surface area contributed by atoms with E-state index in [1.807, 2.05) is 4.72 Å². The predicted octanol–water partition coefficient (Wildman–Crippen LogP) is 3.91. The van der Waals surface area contributed by atoms with Crippen LogP contribution >= 0.6 is 0 Å². The van der Waals surface area contributed by atoms with E-state index >= 15 is 0 Å². The normalized spacial score (nSPS) is 24.9. The Balaban J connectivity index is 1.51. The lowest BCUT2D eigenvalue weighted by atomic mass is 9.95. The molecule has 10 heteroatoms. The van der Waals surface area contributed by atoms with Gasteiger partial charge in [-0.05, 0) is 42.0 Å². The van der Waals surface area contributed by atoms with Crippen LogP contribution in [0, 0.1) is 17.6 Å². The number of nitrogens with zero attached hydrogens (tertiary/aromatic N) is 1. The molecule has 5 nitrogen and oxygen atoms in total. The summed E-state index contributed by atoms with van der Waals surface area (Å²) in [6.07, 6.45) is 0.409. The van der Waals surface area contributed by atoms with E-state index in [9.17, 15) is 30.8 Å². The number of carbonyl (C=O) groups is 1. The first-order valence-electron chi connectivity index (χ1n) is 10.6. The van der Waals surface area contributed by atoms with E-state index in [2.05, 4.69) is 0 Å². The van der Waals surface area contributed by atoms with Gasteiger partial charge in [0.25, 0.3) is 5.92 Å². The minimum absolute atomic E-state index is 0.00554. The molecule has 3 atom stereocenters. The molecule has 0 spiro atoms. The number of nitrogens with one attached hydrogen (secondary N) is 1. The summed E-state index contributed by atoms with van der Waals surface area (Å²) < 4.78 is 82.5. The van der Waals surface area contributed by atoms with Crippen molar-refractivity contribution in [2.45, 2.75) is 37.1 Å². The second-order valence-corrected chi connectivity index (χ2v) is 10.5. The van der Waals surface area contributed by atoms with Crippen LogP contribution < -0.4 is 4.72 Å². The number of carbonyl (C=O) groups excluding carboxylic acids is 1. The molecule has 2 fully saturated rings. The highest BCUT2D eigenvalue weighted by atomic mass is 32.2. The van der Waals surface area contributed by atoms with E-state index in [0.29, 0.717) is 17.5 Å². The van der Waals surface area contributed by atoms with Crippen molar-refractivity contribution in [3.05, 3.63) is 59.7 Å². The molecule has 0 bridgehead atoms. The lowest BCUT2D eigenvalue weighted by Gasteiger charge is -2.24. The van der Waals surface area contributed by atoms with Crippen LogP contribution in [0.2, 0.25) is 0 Å². The number of alkyl halides is 2. The van der Waals surface area contributed by atoms with E-state index in [-0.39, 0.29) is 36.9 Å². The summed E-state index contributed by atoms with van der Waals surface area (Å²) in [4.78, 5) is 14.4. The summed E-state index contributed by atoms with van der Waals surface area (Å²) >= 11 is 0. The molecule has 1 heterocycles. The van der Waals surface area contributed by atoms with Crippen molar-refractivity contribution in [2.75, 3.05) is 19.3 Å². The van der Waals surface area contributed by atoms with Crippen LogP contribution in [-0.2, 0) is 14.8 Å². The first-order valence-corrected chi connectivity index (χ1v) is 12.5. The summed E-state index contributed by atoms with van der Waals surface area (Å²) in [5.41, 5.74) is 0.847. The molecule has 1 saturated carbocycles. The van der Waals surface area contributed by atoms with Crippen molar-refractivity contribution in [2.24, 2.45) is 5.92 Å². The molecule has 2 aromatic rings. The second kappa shape index (κ2) is 8.72. The molecule has 2 aliphatic rings. The van der Waals surface area contributed by atoms with Gasteiger partial charge in [0.1, 0.15) is 11.6 Å². The SMILES string of the molecule is CS(=O)(=O)N[C@@H]1CCN(C(=O)[C@@H]2C[C@H]2c2ccccc2-c2c(F)cccc2F)CCC1(F)F. The molecule has 0 aromatic heterocycles. The molecule has 2 aromatic carbocycles. The van der Waals surface area contributed by atoms with E-state index in [0.717, 1.165) is 6.26 Å². The number of likely N-dealkylation sites (tertiary alicyclic amines) is 1. The van der Waals surface area contributed by atoms with Gasteiger partial charge in [-0.3, -0.25) is 4.79 Å². The standard InChI is InChI=1S/C23H24F4N2O3S/c1-33(31,32)28-20-9-11-29(12-10-23(20,26)27)22(30)17-13-16(17)14-5-2-3-6-15(14)21-18(24)7-4-8-19(21)25/h2-8,16-17,20,28H,9-13H2,1H3/t16-,17+,20+/m0/s1. The van der Waals surface area contributed by atoms with Crippen LogP contribution in [0.25, 0.3) is 11.1 Å². The molecule has 0 radical (unpaired) electrons. The first kappa shape index (κ1) is 23.7. The molecule has 4 rings (SSSR count). The maximum Gasteiger partial charge on any atom is 0.265 e. The Bertz CT molecular complexity index is 1150. The van der Waals surface area contributed by atoms with Gasteiger partial charge < -0.3 is 4.90 Å². The summed E-state index contributed by atoms with van der Waals surface area (Å²) in [5, 5.41) is 0. The van der Waals surface area contributed by atoms with Gasteiger partial charge in [0.05, 0.1) is 17.9 Å². The van der Waals surface area contributed by atoms with Crippen LogP contribution in [0.15, 0.2) is 42.5 Å². The largest absolute Gasteiger partial charge is 0.342 e. The fourth-order valence-electron chi connectivity index (χ4n) is 4.54. The van der Waals surface area contributed by atoms with Crippen LogP contribution in [0.3, 0.4) is 0 Å². The van der Waals surface area contributed by atoms with Gasteiger partial charge >= 0.3 is 0 Å². The Labute approximate surface area is 189 Å². The predicted molar refractivity (Wildman–Crippen MR) is 115 cm³/mol. The number of sulfonamides is 1. The molecule has 1 aliphatic carbocycles. The van der Waals surface area contributed by atoms with Crippen molar-refractivity contribution in [3.8, 4) is 11.1 Å². The Kier molecular flexibility index (Phi) is 6.26. The van der Waals surface area contributed by atoms with E-state index in [1.165, 1.54) is 23.1 Å². The lowest BCUT2D eigenvalue weighted by Crippen LogP contribution is -2.47. The zero-order valence-corrected chi connectivity index (χ0v) is 18.7. The first-order chi connectivity index (χ1) is 15.5. The van der Waals surface area contributed by atoms with Gasteiger partial charge in [0.2, 0.25) is 15.9 Å². The topological polar surface area (TPSA) is 66.5 Å². The average Bonchev–Trinajstić information content (AvgIpc) is 3.53. The van der Waals surface area contributed by atoms with Gasteiger partial charge in [0, 0.05) is 25.4 Å². The molecule has 178 valence electrons. The van der Waals surface area contributed by atoms with Crippen molar-refractivity contribution >= 4 is 15.9 Å². The van der Waals surface area contributed by atoms with Crippen molar-refractivity contribution in [1.82, 2.24) is 9.62 Å². The molecular formula is C23H24F4N2O3S. The van der Waals surface area contributed by atoms with Gasteiger partial charge in [-0.15, -0.1) is 0 Å². The monoisotopic (exact) mass is 484 g/mol. The molecule has 1 N–H and O–H groups in total. The van der Waals surface area contributed by atoms with Crippen LogP contribution in [0.1, 0.15) is 30.7 Å². The molecule has 0 unspecified atom stereocenters. The Morgan fingerprint density at radius 3 is 2.39 bits per heavy atom. The molecule has 33 heavy (non-hydrogen) atoms. The van der Waals surface area contributed by atoms with Crippen molar-refractivity contribution < 1.29 is 30.8 Å². The molecule has 1 amide bonds. The van der Waals surface area contributed by atoms with E-state index in [1.54, 1.807) is 24.3 Å². The number of hydrogen-bond donors (Lipinski definition) is 1. The highest BCUT2D eigenvalue weighted by Crippen LogP contribution is 2.51. The van der Waals surface area contributed by atoms with Crippen LogP contribution in [-0.4, -0.2) is 50.5 Å². The Morgan fingerprint density at radius 1 is 1.06 bits per heavy atom. The lowest BCUT2D eigenvalue weighted by molar-refractivity contribution is -0.132. The van der Waals surface area contributed by atoms with Crippen molar-refractivity contribution in [3.63, 3.8) is 0 Å². The van der Waals surface area contributed by atoms with Gasteiger partial charge in [0.15, 0.2) is 0 Å². The minimum atomic E-state index is -3.83. The maximum absolute atomic E-state index is 14.4. The smallest absolute Gasteiger partial charge is 0.265 e. The maximum atomic E-state index is 14.4. The summed E-state index contributed by atoms with van der Waals surface area (Å²) in [6, 6.07) is 8.76. The number of rotatable bonds is 5. The van der Waals surface area contributed by atoms with Gasteiger partial charge in [-0.1, -0.05) is 30.3 Å². The highest BCUT2D eigenvalue weighted by Gasteiger charge is 2.49. The van der Waals surface area contributed by atoms with Crippen LogP contribution in [0.4, 0.5) is 17.6 Å². The fourth-order valence-corrected chi connectivity index (χ4v) is 5.35. The molecule has 1 saturated heterocycles. The van der Waals surface area contributed by atoms with E-state index < -0.39 is 46.0 Å². The summed E-state index contributed by atoms with van der Waals surface area (Å²) in [5.74, 6) is -5.75. The van der Waals surface area contributed by atoms with Crippen LogP contribution in [0.5, 0.6) is 0 Å². The number of amides is 1. The van der Waals surface area contributed by atoms with Gasteiger partial charge in [-0.2, -0.15) is 0 Å². The number of hydrogen-bond acceptors (Lipinski definition) is 3. The average molecular weight is 485 g/mol. The third-order valence-corrected chi connectivity index (χ3v) is 6.99. The third-order valence-electron chi connectivity index (χ3n) is 6.28. The zero-order chi connectivity index (χ0) is 24.0. The molecule has 1 aliphatic heterocycles. The summed E-state index contributed by atoms with van der Waals surface area (Å²) in [6.45, 7) is -0.199. The van der Waals surface area contributed by atoms with Crippen molar-refractivity contribution in [1.29, 1.82) is 0 Å². The zero-order valence-electron chi connectivity index (χ0n) is 17.9. The van der Waals surface area contributed by atoms with E-state index in [4.69, 9.17) is 0 Å². The molecular weight excluding hydrogens is 460 g/mol. The number of benzene rings is 2. The Morgan fingerprint density at radius 2 is 1.73 bits per heavy atom.